The van der Waals surface area contributed by atoms with E-state index < -0.39 is 0 Å². The Hall–Kier alpha value is -0.600. The van der Waals surface area contributed by atoms with Crippen molar-refractivity contribution in [2.24, 2.45) is 4.99 Å². The Morgan fingerprint density at radius 3 is 2.62 bits per heavy atom. The largest absolute Gasteiger partial charge is 0.495 e. The van der Waals surface area contributed by atoms with E-state index in [1.165, 1.54) is 7.11 Å². The number of hydrogen-bond acceptors (Lipinski definition) is 3. The molecule has 1 aromatic carbocycles. The zero-order chi connectivity index (χ0) is 9.84. The summed E-state index contributed by atoms with van der Waals surface area (Å²) in [6.07, 6.45) is 0. The number of aliphatic imine (C=N–C) groups is 1. The quantitative estimate of drug-likeness (QED) is 0.574. The zero-order valence-electron chi connectivity index (χ0n) is 6.67. The van der Waals surface area contributed by atoms with Crippen LogP contribution in [0.15, 0.2) is 17.1 Å². The summed E-state index contributed by atoms with van der Waals surface area (Å²) in [5.41, 5.74) is 0.488. The van der Waals surface area contributed by atoms with E-state index in [9.17, 15) is 0 Å². The molecule has 0 saturated heterocycles. The number of ether oxygens (including phenoxy) is 1. The number of thiocarbonyl (C=S) groups is 1. The number of nitrogens with zero attached hydrogens (tertiary/aromatic N) is 1. The third kappa shape index (κ3) is 2.42. The topological polar surface area (TPSA) is 21.6 Å². The molecule has 0 bridgehead atoms. The Morgan fingerprint density at radius 2 is 2.08 bits per heavy atom. The van der Waals surface area contributed by atoms with Gasteiger partial charge in [0.2, 0.25) is 0 Å². The van der Waals surface area contributed by atoms with Gasteiger partial charge in [-0.05, 0) is 18.3 Å². The summed E-state index contributed by atoms with van der Waals surface area (Å²) in [6.45, 7) is 0. The lowest BCUT2D eigenvalue weighted by atomic mass is 10.3. The number of isothiocyanates is 1. The van der Waals surface area contributed by atoms with Crippen LogP contribution in [0, 0.1) is 0 Å². The molecule has 0 N–H and O–H groups in total. The average Bonchev–Trinajstić information content (AvgIpc) is 2.11. The molecule has 0 unspecified atom stereocenters. The summed E-state index contributed by atoms with van der Waals surface area (Å²) in [5.74, 6) is 0.509. The maximum Gasteiger partial charge on any atom is 0.139 e. The van der Waals surface area contributed by atoms with Crippen LogP contribution in [0.1, 0.15) is 0 Å². The predicted molar refractivity (Wildman–Crippen MR) is 57.7 cm³/mol. The van der Waals surface area contributed by atoms with E-state index >= 15 is 0 Å². The Bertz CT molecular complexity index is 375. The second-order valence-corrected chi connectivity index (χ2v) is 3.14. The summed E-state index contributed by atoms with van der Waals surface area (Å²) in [4.78, 5) is 3.74. The number of halogens is 2. The first-order valence-corrected chi connectivity index (χ1v) is 4.46. The molecule has 0 saturated carbocycles. The Kier molecular flexibility index (Phi) is 3.70. The van der Waals surface area contributed by atoms with Crippen LogP contribution in [-0.4, -0.2) is 12.3 Å². The fourth-order valence-corrected chi connectivity index (χ4v) is 1.34. The third-order valence-electron chi connectivity index (χ3n) is 1.39. The van der Waals surface area contributed by atoms with Gasteiger partial charge in [0, 0.05) is 6.07 Å². The van der Waals surface area contributed by atoms with Crippen molar-refractivity contribution >= 4 is 46.3 Å². The highest BCUT2D eigenvalue weighted by Crippen LogP contribution is 2.35. The number of rotatable bonds is 2. The van der Waals surface area contributed by atoms with Crippen LogP contribution in [0.25, 0.3) is 0 Å². The van der Waals surface area contributed by atoms with Crippen molar-refractivity contribution in [3.05, 3.63) is 22.2 Å². The van der Waals surface area contributed by atoms with Crippen LogP contribution in [0.4, 0.5) is 5.69 Å². The van der Waals surface area contributed by atoms with Gasteiger partial charge in [-0.1, -0.05) is 23.2 Å². The minimum Gasteiger partial charge on any atom is -0.495 e. The molecule has 2 nitrogen and oxygen atoms in total. The Morgan fingerprint density at radius 1 is 1.38 bits per heavy atom. The highest BCUT2D eigenvalue weighted by atomic mass is 35.5. The molecular weight excluding hydrogens is 229 g/mol. The van der Waals surface area contributed by atoms with Gasteiger partial charge in [-0.2, -0.15) is 4.99 Å². The second-order valence-electron chi connectivity index (χ2n) is 2.14. The van der Waals surface area contributed by atoms with E-state index in [0.29, 0.717) is 21.5 Å². The first kappa shape index (κ1) is 10.5. The molecule has 0 fully saturated rings. The molecule has 0 radical (unpaired) electrons. The van der Waals surface area contributed by atoms with E-state index in [0.717, 1.165) is 0 Å². The minimum atomic E-state index is 0.429. The number of methoxy groups -OCH3 is 1. The van der Waals surface area contributed by atoms with Crippen LogP contribution < -0.4 is 4.74 Å². The monoisotopic (exact) mass is 233 g/mol. The van der Waals surface area contributed by atoms with E-state index in [1.54, 1.807) is 12.1 Å². The van der Waals surface area contributed by atoms with Crippen molar-refractivity contribution in [3.8, 4) is 5.75 Å². The molecule has 0 aliphatic heterocycles. The van der Waals surface area contributed by atoms with Crippen molar-refractivity contribution in [1.29, 1.82) is 0 Å². The fraction of sp³-hybridized carbons (Fsp3) is 0.125. The SMILES string of the molecule is COc1cc(Cl)c(N=C=S)cc1Cl. The normalized spacial score (nSPS) is 9.15. The van der Waals surface area contributed by atoms with E-state index in [2.05, 4.69) is 22.4 Å². The molecule has 0 amide bonds. The molecule has 0 heterocycles. The smallest absolute Gasteiger partial charge is 0.139 e. The van der Waals surface area contributed by atoms with Gasteiger partial charge in [0.25, 0.3) is 0 Å². The van der Waals surface area contributed by atoms with E-state index in [4.69, 9.17) is 27.9 Å². The van der Waals surface area contributed by atoms with Gasteiger partial charge in [-0.15, -0.1) is 0 Å². The van der Waals surface area contributed by atoms with Gasteiger partial charge in [-0.3, -0.25) is 0 Å². The predicted octanol–water partition coefficient (Wildman–Crippen LogP) is 3.74. The number of benzene rings is 1. The summed E-state index contributed by atoms with van der Waals surface area (Å²) < 4.78 is 4.95. The lowest BCUT2D eigenvalue weighted by Gasteiger charge is -2.04. The summed E-state index contributed by atoms with van der Waals surface area (Å²) >= 11 is 16.1. The standard InChI is InChI=1S/C8H5Cl2NOS/c1-12-8-3-5(9)7(11-4-13)2-6(8)10/h2-3H,1H3. The van der Waals surface area contributed by atoms with Crippen LogP contribution in [0.2, 0.25) is 10.0 Å². The van der Waals surface area contributed by atoms with Crippen LogP contribution in [-0.2, 0) is 0 Å². The van der Waals surface area contributed by atoms with Gasteiger partial charge in [0.15, 0.2) is 0 Å². The van der Waals surface area contributed by atoms with Gasteiger partial charge in [-0.25, -0.2) is 0 Å². The first-order valence-electron chi connectivity index (χ1n) is 3.30. The van der Waals surface area contributed by atoms with Crippen molar-refractivity contribution < 1.29 is 4.74 Å². The van der Waals surface area contributed by atoms with Crippen LogP contribution in [0.5, 0.6) is 5.75 Å². The van der Waals surface area contributed by atoms with Crippen LogP contribution in [0.3, 0.4) is 0 Å². The molecular formula is C8H5Cl2NOS. The molecule has 0 spiro atoms. The Labute approximate surface area is 91.1 Å². The molecule has 0 aliphatic carbocycles. The second kappa shape index (κ2) is 4.58. The molecule has 0 atom stereocenters. The fourth-order valence-electron chi connectivity index (χ4n) is 0.809. The van der Waals surface area contributed by atoms with Gasteiger partial charge in [0.1, 0.15) is 5.75 Å². The van der Waals surface area contributed by atoms with Gasteiger partial charge < -0.3 is 4.74 Å². The maximum atomic E-state index is 5.84. The molecule has 0 aromatic heterocycles. The Balaban J connectivity index is 3.27. The summed E-state index contributed by atoms with van der Waals surface area (Å²) in [6, 6.07) is 3.15. The zero-order valence-corrected chi connectivity index (χ0v) is 9.00. The highest BCUT2D eigenvalue weighted by molar-refractivity contribution is 7.78. The minimum absolute atomic E-state index is 0.429. The van der Waals surface area contributed by atoms with E-state index in [-0.39, 0.29) is 0 Å². The lowest BCUT2D eigenvalue weighted by Crippen LogP contribution is -1.83. The van der Waals surface area contributed by atoms with Gasteiger partial charge >= 0.3 is 0 Å². The first-order chi connectivity index (χ1) is 6.19. The number of hydrogen-bond donors (Lipinski definition) is 0. The van der Waals surface area contributed by atoms with Crippen molar-refractivity contribution in [2.75, 3.05) is 7.11 Å². The van der Waals surface area contributed by atoms with Crippen molar-refractivity contribution in [1.82, 2.24) is 0 Å². The summed E-state index contributed by atoms with van der Waals surface area (Å²) in [7, 11) is 1.51. The molecule has 13 heavy (non-hydrogen) atoms. The molecule has 0 aliphatic rings. The van der Waals surface area contributed by atoms with Crippen molar-refractivity contribution in [3.63, 3.8) is 0 Å². The molecule has 1 aromatic rings. The van der Waals surface area contributed by atoms with Crippen LogP contribution >= 0.6 is 35.4 Å². The summed E-state index contributed by atoms with van der Waals surface area (Å²) in [5, 5.41) is 3.08. The average molecular weight is 234 g/mol. The highest BCUT2D eigenvalue weighted by Gasteiger charge is 2.06. The maximum absolute atomic E-state index is 5.84. The lowest BCUT2D eigenvalue weighted by molar-refractivity contribution is 0.415. The third-order valence-corrected chi connectivity index (χ3v) is 2.08. The molecule has 1 rings (SSSR count). The molecule has 5 heteroatoms. The van der Waals surface area contributed by atoms with Crippen molar-refractivity contribution in [2.45, 2.75) is 0 Å². The van der Waals surface area contributed by atoms with E-state index in [1.807, 2.05) is 0 Å². The van der Waals surface area contributed by atoms with Gasteiger partial charge in [0.05, 0.1) is 28.0 Å². The molecule has 68 valence electrons.